The van der Waals surface area contributed by atoms with E-state index in [2.05, 4.69) is 12.2 Å². The second-order valence-electron chi connectivity index (χ2n) is 12.0. The number of imide groups is 1. The highest BCUT2D eigenvalue weighted by molar-refractivity contribution is 5.90. The maximum atomic E-state index is 12.8. The van der Waals surface area contributed by atoms with Gasteiger partial charge in [-0.15, -0.1) is 0 Å². The molecule has 2 rings (SSSR count). The van der Waals surface area contributed by atoms with E-state index in [4.69, 9.17) is 14.2 Å². The summed E-state index contributed by atoms with van der Waals surface area (Å²) in [5.41, 5.74) is 0.822. The van der Waals surface area contributed by atoms with Gasteiger partial charge in [0, 0.05) is 32.2 Å². The Morgan fingerprint density at radius 1 is 0.909 bits per heavy atom. The van der Waals surface area contributed by atoms with Crippen molar-refractivity contribution in [3.05, 3.63) is 30.1 Å². The van der Waals surface area contributed by atoms with Crippen molar-refractivity contribution < 1.29 is 33.2 Å². The first-order valence-electron chi connectivity index (χ1n) is 17.4. The Kier molecular flexibility index (Phi) is 20.2. The standard InChI is InChI=1S/C35H59N3O6/c1-4-6-7-8-9-10-11-12-13-14-15-16-17-18-20-25-36-34(40)44-32-24-22-27-42-33(32)29-43-35(41)38(30(3)39)28-31-23-19-21-26-37(31)5-2/h19,21,23,26,32-33H,4-18,20,22,24-25,27-29H2,1-3H3/p+1/t32-,33+/m1/s1. The van der Waals surface area contributed by atoms with Crippen molar-refractivity contribution in [2.75, 3.05) is 19.8 Å². The summed E-state index contributed by atoms with van der Waals surface area (Å²) in [7, 11) is 0. The Labute approximate surface area is 266 Å². The van der Waals surface area contributed by atoms with Gasteiger partial charge in [-0.2, -0.15) is 0 Å². The quantitative estimate of drug-likeness (QED) is 0.106. The van der Waals surface area contributed by atoms with Crippen molar-refractivity contribution in [2.45, 2.75) is 155 Å². The summed E-state index contributed by atoms with van der Waals surface area (Å²) in [6, 6.07) is 5.65. The zero-order chi connectivity index (χ0) is 31.8. The van der Waals surface area contributed by atoms with Crippen LogP contribution < -0.4 is 9.88 Å². The minimum atomic E-state index is -0.741. The fourth-order valence-electron chi connectivity index (χ4n) is 5.63. The molecule has 0 aliphatic carbocycles. The smallest absolute Gasteiger partial charge is 0.417 e. The van der Waals surface area contributed by atoms with Crippen molar-refractivity contribution >= 4 is 18.1 Å². The summed E-state index contributed by atoms with van der Waals surface area (Å²) < 4.78 is 18.9. The Bertz CT molecular complexity index is 943. The summed E-state index contributed by atoms with van der Waals surface area (Å²) in [5, 5.41) is 2.85. The predicted octanol–water partition coefficient (Wildman–Crippen LogP) is 7.62. The van der Waals surface area contributed by atoms with E-state index in [1.807, 2.05) is 35.9 Å². The molecule has 250 valence electrons. The molecule has 0 spiro atoms. The maximum absolute atomic E-state index is 12.8. The van der Waals surface area contributed by atoms with Crippen LogP contribution in [0.25, 0.3) is 0 Å². The van der Waals surface area contributed by atoms with Crippen LogP contribution in [0.1, 0.15) is 136 Å². The average Bonchev–Trinajstić information content (AvgIpc) is 3.02. The number of pyridine rings is 1. The van der Waals surface area contributed by atoms with Gasteiger partial charge in [-0.3, -0.25) is 4.79 Å². The molecular weight excluding hydrogens is 558 g/mol. The van der Waals surface area contributed by atoms with E-state index in [9.17, 15) is 14.4 Å². The van der Waals surface area contributed by atoms with Gasteiger partial charge in [0.1, 0.15) is 31.9 Å². The Hall–Kier alpha value is -2.68. The molecule has 1 saturated heterocycles. The fourth-order valence-corrected chi connectivity index (χ4v) is 5.63. The zero-order valence-corrected chi connectivity index (χ0v) is 27.9. The highest BCUT2D eigenvalue weighted by Gasteiger charge is 2.32. The van der Waals surface area contributed by atoms with Gasteiger partial charge in [-0.05, 0) is 26.2 Å². The van der Waals surface area contributed by atoms with Gasteiger partial charge in [-0.25, -0.2) is 19.1 Å². The SMILES string of the molecule is CCCCCCCCCCCCCCCCCNC(=O)O[C@@H]1CCCO[C@H]1COC(=O)N(Cc1cccc[n+]1CC)C(C)=O. The lowest BCUT2D eigenvalue weighted by molar-refractivity contribution is -0.701. The minimum Gasteiger partial charge on any atom is -0.446 e. The molecule has 1 aliphatic heterocycles. The van der Waals surface area contributed by atoms with Gasteiger partial charge < -0.3 is 19.5 Å². The highest BCUT2D eigenvalue weighted by Crippen LogP contribution is 2.19. The van der Waals surface area contributed by atoms with E-state index >= 15 is 0 Å². The van der Waals surface area contributed by atoms with Gasteiger partial charge in [0.25, 0.3) is 0 Å². The number of hydrogen-bond acceptors (Lipinski definition) is 6. The molecule has 44 heavy (non-hydrogen) atoms. The van der Waals surface area contributed by atoms with Crippen molar-refractivity contribution in [2.24, 2.45) is 0 Å². The summed E-state index contributed by atoms with van der Waals surface area (Å²) in [6.07, 6.45) is 20.5. The Balaban J connectivity index is 1.57. The summed E-state index contributed by atoms with van der Waals surface area (Å²) in [5.74, 6) is -0.406. The number of nitrogens with one attached hydrogen (secondary N) is 1. The van der Waals surface area contributed by atoms with Crippen LogP contribution in [0.5, 0.6) is 0 Å². The molecule has 3 amide bonds. The van der Waals surface area contributed by atoms with E-state index in [-0.39, 0.29) is 13.2 Å². The Morgan fingerprint density at radius 3 is 2.11 bits per heavy atom. The molecule has 1 aromatic rings. The number of amides is 3. The van der Waals surface area contributed by atoms with E-state index < -0.39 is 30.3 Å². The van der Waals surface area contributed by atoms with Crippen LogP contribution in [0.2, 0.25) is 0 Å². The molecule has 9 heteroatoms. The lowest BCUT2D eigenvalue weighted by atomic mass is 10.0. The third-order valence-electron chi connectivity index (χ3n) is 8.35. The first-order valence-corrected chi connectivity index (χ1v) is 17.4. The van der Waals surface area contributed by atoms with Gasteiger partial charge >= 0.3 is 12.2 Å². The van der Waals surface area contributed by atoms with Crippen LogP contribution in [0.4, 0.5) is 9.59 Å². The van der Waals surface area contributed by atoms with Crippen molar-refractivity contribution in [1.29, 1.82) is 0 Å². The van der Waals surface area contributed by atoms with Crippen LogP contribution in [-0.4, -0.2) is 55.0 Å². The molecule has 1 aliphatic rings. The van der Waals surface area contributed by atoms with Crippen LogP contribution >= 0.6 is 0 Å². The van der Waals surface area contributed by atoms with Gasteiger partial charge in [0.15, 0.2) is 6.20 Å². The summed E-state index contributed by atoms with van der Waals surface area (Å²) in [4.78, 5) is 38.6. The second kappa shape index (κ2) is 23.7. The number of unbranched alkanes of at least 4 members (excludes halogenated alkanes) is 14. The summed E-state index contributed by atoms with van der Waals surface area (Å²) in [6.45, 7) is 7.41. The second-order valence-corrected chi connectivity index (χ2v) is 12.0. The number of alkyl carbamates (subject to hydrolysis) is 1. The third-order valence-corrected chi connectivity index (χ3v) is 8.35. The van der Waals surface area contributed by atoms with Crippen molar-refractivity contribution in [1.82, 2.24) is 10.2 Å². The zero-order valence-electron chi connectivity index (χ0n) is 27.9. The molecule has 1 aromatic heterocycles. The minimum absolute atomic E-state index is 0.0951. The van der Waals surface area contributed by atoms with Gasteiger partial charge in [-0.1, -0.05) is 103 Å². The van der Waals surface area contributed by atoms with Crippen LogP contribution in [0.15, 0.2) is 24.4 Å². The topological polar surface area (TPSA) is 98.1 Å². The lowest BCUT2D eigenvalue weighted by Gasteiger charge is -2.31. The third kappa shape index (κ3) is 15.9. The molecule has 0 aromatic carbocycles. The first-order chi connectivity index (χ1) is 21.5. The fraction of sp³-hybridized carbons (Fsp3) is 0.771. The van der Waals surface area contributed by atoms with E-state index in [1.165, 1.54) is 90.4 Å². The van der Waals surface area contributed by atoms with Crippen LogP contribution in [0.3, 0.4) is 0 Å². The lowest BCUT2D eigenvalue weighted by Crippen LogP contribution is -2.46. The average molecular weight is 619 g/mol. The van der Waals surface area contributed by atoms with Gasteiger partial charge in [0.05, 0.1) is 0 Å². The molecular formula is C35H60N3O6+. The maximum Gasteiger partial charge on any atom is 0.417 e. The first kappa shape index (κ1) is 37.5. The number of carbonyl (C=O) groups excluding carboxylic acids is 3. The molecule has 9 nitrogen and oxygen atoms in total. The molecule has 0 saturated carbocycles. The Morgan fingerprint density at radius 2 is 1.52 bits per heavy atom. The molecule has 2 atom stereocenters. The van der Waals surface area contributed by atoms with E-state index in [1.54, 1.807) is 0 Å². The van der Waals surface area contributed by atoms with Crippen molar-refractivity contribution in [3.8, 4) is 0 Å². The number of nitrogens with zero attached hydrogens (tertiary/aromatic N) is 2. The molecule has 0 unspecified atom stereocenters. The van der Waals surface area contributed by atoms with Gasteiger partial charge in [0.2, 0.25) is 11.6 Å². The van der Waals surface area contributed by atoms with Crippen molar-refractivity contribution in [3.63, 3.8) is 0 Å². The number of rotatable bonds is 22. The normalized spacial score (nSPS) is 16.3. The number of aryl methyl sites for hydroxylation is 1. The molecule has 0 bridgehead atoms. The van der Waals surface area contributed by atoms with E-state index in [0.717, 1.165) is 29.9 Å². The number of hydrogen-bond donors (Lipinski definition) is 1. The molecule has 2 heterocycles. The van der Waals surface area contributed by atoms with Crippen LogP contribution in [-0.2, 0) is 32.1 Å². The molecule has 0 radical (unpaired) electrons. The predicted molar refractivity (Wildman–Crippen MR) is 172 cm³/mol. The monoisotopic (exact) mass is 618 g/mol. The van der Waals surface area contributed by atoms with Crippen LogP contribution in [0, 0.1) is 0 Å². The molecule has 1 N–H and O–H groups in total. The largest absolute Gasteiger partial charge is 0.446 e. The number of ether oxygens (including phenoxy) is 3. The number of carbonyl (C=O) groups is 3. The number of aromatic nitrogens is 1. The molecule has 1 fully saturated rings. The summed E-state index contributed by atoms with van der Waals surface area (Å²) >= 11 is 0. The highest BCUT2D eigenvalue weighted by atomic mass is 16.6. The van der Waals surface area contributed by atoms with E-state index in [0.29, 0.717) is 26.1 Å².